The number of rotatable bonds is 2. The molecule has 0 radical (unpaired) electrons. The SMILES string of the molecule is Cc1nn(C)c(C(=O)NC2CCCC(C)C2)c1N. The first-order valence-electron chi connectivity index (χ1n) is 6.59. The molecule has 0 aromatic carbocycles. The van der Waals surface area contributed by atoms with Crippen LogP contribution in [0.25, 0.3) is 0 Å². The molecule has 1 aliphatic carbocycles. The lowest BCUT2D eigenvalue weighted by atomic mass is 9.87. The first kappa shape index (κ1) is 12.9. The molecular weight excluding hydrogens is 228 g/mol. The van der Waals surface area contributed by atoms with E-state index in [2.05, 4.69) is 17.3 Å². The lowest BCUT2D eigenvalue weighted by Crippen LogP contribution is -2.39. The number of carbonyl (C=O) groups excluding carboxylic acids is 1. The molecule has 0 aliphatic heterocycles. The number of nitrogens with two attached hydrogens (primary N) is 1. The summed E-state index contributed by atoms with van der Waals surface area (Å²) in [6.45, 7) is 4.05. The molecular formula is C13H22N4O. The van der Waals surface area contributed by atoms with E-state index in [-0.39, 0.29) is 11.9 Å². The summed E-state index contributed by atoms with van der Waals surface area (Å²) in [5.74, 6) is 0.587. The highest BCUT2D eigenvalue weighted by atomic mass is 16.2. The van der Waals surface area contributed by atoms with E-state index in [1.807, 2.05) is 6.92 Å². The number of carbonyl (C=O) groups is 1. The summed E-state index contributed by atoms with van der Waals surface area (Å²) in [5, 5.41) is 7.25. The Morgan fingerprint density at radius 1 is 1.50 bits per heavy atom. The molecule has 5 nitrogen and oxygen atoms in total. The first-order chi connectivity index (χ1) is 8.49. The number of hydrogen-bond donors (Lipinski definition) is 2. The van der Waals surface area contributed by atoms with Crippen LogP contribution in [0, 0.1) is 12.8 Å². The van der Waals surface area contributed by atoms with Gasteiger partial charge >= 0.3 is 0 Å². The monoisotopic (exact) mass is 250 g/mol. The van der Waals surface area contributed by atoms with Gasteiger partial charge in [-0.2, -0.15) is 5.10 Å². The minimum Gasteiger partial charge on any atom is -0.395 e. The summed E-state index contributed by atoms with van der Waals surface area (Å²) in [4.78, 5) is 12.2. The van der Waals surface area contributed by atoms with Crippen molar-refractivity contribution in [2.24, 2.45) is 13.0 Å². The summed E-state index contributed by atoms with van der Waals surface area (Å²) in [7, 11) is 1.75. The molecule has 1 aromatic heterocycles. The Kier molecular flexibility index (Phi) is 3.59. The molecule has 3 N–H and O–H groups in total. The second-order valence-corrected chi connectivity index (χ2v) is 5.41. The van der Waals surface area contributed by atoms with Crippen molar-refractivity contribution in [1.82, 2.24) is 15.1 Å². The van der Waals surface area contributed by atoms with Gasteiger partial charge in [-0.3, -0.25) is 9.48 Å². The fourth-order valence-electron chi connectivity index (χ4n) is 2.76. The van der Waals surface area contributed by atoms with Gasteiger partial charge in [-0.05, 0) is 25.7 Å². The van der Waals surface area contributed by atoms with Crippen LogP contribution in [0.2, 0.25) is 0 Å². The third-order valence-electron chi connectivity index (χ3n) is 3.76. The van der Waals surface area contributed by atoms with Crippen molar-refractivity contribution in [3.63, 3.8) is 0 Å². The molecule has 2 rings (SSSR count). The van der Waals surface area contributed by atoms with Gasteiger partial charge in [0.2, 0.25) is 0 Å². The maximum atomic E-state index is 12.2. The van der Waals surface area contributed by atoms with Crippen LogP contribution in [-0.4, -0.2) is 21.7 Å². The van der Waals surface area contributed by atoms with Gasteiger partial charge in [0.15, 0.2) is 0 Å². The van der Waals surface area contributed by atoms with E-state index in [1.54, 1.807) is 11.7 Å². The highest BCUT2D eigenvalue weighted by molar-refractivity contribution is 5.98. The van der Waals surface area contributed by atoms with Crippen LogP contribution in [0.4, 0.5) is 5.69 Å². The van der Waals surface area contributed by atoms with E-state index < -0.39 is 0 Å². The summed E-state index contributed by atoms with van der Waals surface area (Å²) in [6.07, 6.45) is 4.57. The molecule has 1 saturated carbocycles. The zero-order chi connectivity index (χ0) is 13.3. The van der Waals surface area contributed by atoms with E-state index in [1.165, 1.54) is 12.8 Å². The van der Waals surface area contributed by atoms with Crippen LogP contribution in [0.3, 0.4) is 0 Å². The van der Waals surface area contributed by atoms with Crippen molar-refractivity contribution in [2.75, 3.05) is 5.73 Å². The Morgan fingerprint density at radius 3 is 2.78 bits per heavy atom. The maximum Gasteiger partial charge on any atom is 0.271 e. The van der Waals surface area contributed by atoms with E-state index in [0.29, 0.717) is 23.0 Å². The number of anilines is 1. The van der Waals surface area contributed by atoms with E-state index in [0.717, 1.165) is 12.8 Å². The van der Waals surface area contributed by atoms with Crippen molar-refractivity contribution in [1.29, 1.82) is 0 Å². The minimum absolute atomic E-state index is 0.102. The van der Waals surface area contributed by atoms with Crippen LogP contribution in [0.1, 0.15) is 48.8 Å². The van der Waals surface area contributed by atoms with E-state index in [4.69, 9.17) is 5.73 Å². The normalized spacial score (nSPS) is 23.9. The van der Waals surface area contributed by atoms with Crippen molar-refractivity contribution in [3.8, 4) is 0 Å². The molecule has 1 aromatic rings. The number of nitrogen functional groups attached to an aromatic ring is 1. The Balaban J connectivity index is 2.07. The summed E-state index contributed by atoms with van der Waals surface area (Å²) in [5.41, 5.74) is 7.56. The fraction of sp³-hybridized carbons (Fsp3) is 0.692. The van der Waals surface area contributed by atoms with Crippen molar-refractivity contribution in [3.05, 3.63) is 11.4 Å². The molecule has 0 bridgehead atoms. The summed E-state index contributed by atoms with van der Waals surface area (Å²) in [6, 6.07) is 0.274. The maximum absolute atomic E-state index is 12.2. The average molecular weight is 250 g/mol. The number of amides is 1. The standard InChI is InChI=1S/C13H22N4O/c1-8-5-4-6-10(7-8)15-13(18)12-11(14)9(2)16-17(12)3/h8,10H,4-7,14H2,1-3H3,(H,15,18). The summed E-state index contributed by atoms with van der Waals surface area (Å²) < 4.78 is 1.56. The second kappa shape index (κ2) is 5.00. The number of aryl methyl sites for hydroxylation is 2. The van der Waals surface area contributed by atoms with Gasteiger partial charge in [-0.25, -0.2) is 0 Å². The highest BCUT2D eigenvalue weighted by Crippen LogP contribution is 2.24. The largest absolute Gasteiger partial charge is 0.395 e. The van der Waals surface area contributed by atoms with Gasteiger partial charge in [-0.1, -0.05) is 19.8 Å². The van der Waals surface area contributed by atoms with Crippen molar-refractivity contribution in [2.45, 2.75) is 45.6 Å². The lowest BCUT2D eigenvalue weighted by molar-refractivity contribution is 0.0913. The number of hydrogen-bond acceptors (Lipinski definition) is 3. The highest BCUT2D eigenvalue weighted by Gasteiger charge is 2.24. The molecule has 100 valence electrons. The lowest BCUT2D eigenvalue weighted by Gasteiger charge is -2.27. The Hall–Kier alpha value is -1.52. The summed E-state index contributed by atoms with van der Waals surface area (Å²) >= 11 is 0. The zero-order valence-electron chi connectivity index (χ0n) is 11.4. The van der Waals surface area contributed by atoms with Gasteiger partial charge in [0.05, 0.1) is 11.4 Å². The van der Waals surface area contributed by atoms with E-state index >= 15 is 0 Å². The van der Waals surface area contributed by atoms with E-state index in [9.17, 15) is 4.79 Å². The molecule has 5 heteroatoms. The smallest absolute Gasteiger partial charge is 0.271 e. The zero-order valence-corrected chi connectivity index (χ0v) is 11.4. The number of nitrogens with zero attached hydrogens (tertiary/aromatic N) is 2. The fourth-order valence-corrected chi connectivity index (χ4v) is 2.76. The number of nitrogens with one attached hydrogen (secondary N) is 1. The molecule has 1 heterocycles. The minimum atomic E-state index is -0.102. The molecule has 1 fully saturated rings. The van der Waals surface area contributed by atoms with Crippen LogP contribution in [0.5, 0.6) is 0 Å². The molecule has 2 atom stereocenters. The van der Waals surface area contributed by atoms with Crippen LogP contribution < -0.4 is 11.1 Å². The van der Waals surface area contributed by atoms with Gasteiger partial charge in [0, 0.05) is 13.1 Å². The predicted octanol–water partition coefficient (Wildman–Crippen LogP) is 1.62. The first-order valence-corrected chi connectivity index (χ1v) is 6.59. The molecule has 1 amide bonds. The molecule has 1 aliphatic rings. The van der Waals surface area contributed by atoms with Gasteiger partial charge in [0.1, 0.15) is 5.69 Å². The Morgan fingerprint density at radius 2 is 2.22 bits per heavy atom. The third-order valence-corrected chi connectivity index (χ3v) is 3.76. The predicted molar refractivity (Wildman–Crippen MR) is 71.2 cm³/mol. The quantitative estimate of drug-likeness (QED) is 0.837. The topological polar surface area (TPSA) is 72.9 Å². The average Bonchev–Trinajstić information content (AvgIpc) is 2.53. The van der Waals surface area contributed by atoms with Gasteiger partial charge in [0.25, 0.3) is 5.91 Å². The van der Waals surface area contributed by atoms with Gasteiger partial charge in [-0.15, -0.1) is 0 Å². The van der Waals surface area contributed by atoms with Crippen LogP contribution >= 0.6 is 0 Å². The van der Waals surface area contributed by atoms with Crippen molar-refractivity contribution >= 4 is 11.6 Å². The molecule has 0 spiro atoms. The molecule has 0 saturated heterocycles. The number of aromatic nitrogens is 2. The van der Waals surface area contributed by atoms with Crippen LogP contribution in [0.15, 0.2) is 0 Å². The van der Waals surface area contributed by atoms with Crippen LogP contribution in [-0.2, 0) is 7.05 Å². The third kappa shape index (κ3) is 2.49. The Bertz CT molecular complexity index is 452. The molecule has 2 unspecified atom stereocenters. The molecule has 18 heavy (non-hydrogen) atoms. The Labute approximate surface area is 108 Å². The van der Waals surface area contributed by atoms with Gasteiger partial charge < -0.3 is 11.1 Å². The van der Waals surface area contributed by atoms with Crippen molar-refractivity contribution < 1.29 is 4.79 Å². The second-order valence-electron chi connectivity index (χ2n) is 5.41.